The van der Waals surface area contributed by atoms with Crippen molar-refractivity contribution < 1.29 is 14.6 Å². The summed E-state index contributed by atoms with van der Waals surface area (Å²) in [6.07, 6.45) is 1.92. The first kappa shape index (κ1) is 23.0. The monoisotopic (exact) mass is 424 g/mol. The Balaban J connectivity index is 1.54. The molecule has 7 nitrogen and oxygen atoms in total. The van der Waals surface area contributed by atoms with Gasteiger partial charge in [0.15, 0.2) is 0 Å². The summed E-state index contributed by atoms with van der Waals surface area (Å²) in [5.74, 6) is 0.713. The maximum atomic E-state index is 10.2. The molecule has 0 aliphatic carbocycles. The Hall–Kier alpha value is -2.71. The van der Waals surface area contributed by atoms with E-state index in [2.05, 4.69) is 28.4 Å². The molecule has 2 heterocycles. The Morgan fingerprint density at radius 3 is 2.68 bits per heavy atom. The first-order valence-electron chi connectivity index (χ1n) is 10.6. The molecule has 0 amide bonds. The number of rotatable bonds is 11. The summed E-state index contributed by atoms with van der Waals surface area (Å²) in [7, 11) is 0. The molecule has 1 saturated heterocycles. The number of hydrogen-bond donors (Lipinski definition) is 3. The van der Waals surface area contributed by atoms with Crippen molar-refractivity contribution in [2.75, 3.05) is 46.0 Å². The van der Waals surface area contributed by atoms with Crippen LogP contribution in [0.15, 0.2) is 61.4 Å². The molecule has 31 heavy (non-hydrogen) atoms. The van der Waals surface area contributed by atoms with Crippen molar-refractivity contribution in [1.29, 1.82) is 0 Å². The van der Waals surface area contributed by atoms with E-state index in [1.165, 1.54) is 0 Å². The van der Waals surface area contributed by atoms with Crippen LogP contribution in [0.25, 0.3) is 17.0 Å². The Kier molecular flexibility index (Phi) is 8.61. The fourth-order valence-corrected chi connectivity index (χ4v) is 3.35. The molecule has 1 aromatic carbocycles. The first-order chi connectivity index (χ1) is 15.0. The number of morpholine rings is 1. The normalized spacial score (nSPS) is 15.3. The number of aliphatic hydroxyl groups is 1. The van der Waals surface area contributed by atoms with Gasteiger partial charge in [-0.15, -0.1) is 0 Å². The molecule has 0 radical (unpaired) electrons. The molecular weight excluding hydrogens is 392 g/mol. The maximum Gasteiger partial charge on any atom is 0.119 e. The van der Waals surface area contributed by atoms with Crippen LogP contribution >= 0.6 is 0 Å². The van der Waals surface area contributed by atoms with Gasteiger partial charge in [-0.2, -0.15) is 0 Å². The summed E-state index contributed by atoms with van der Waals surface area (Å²) in [5, 5.41) is 13.4. The van der Waals surface area contributed by atoms with Gasteiger partial charge < -0.3 is 25.6 Å². The minimum Gasteiger partial charge on any atom is -0.491 e. The van der Waals surface area contributed by atoms with E-state index >= 15 is 0 Å². The van der Waals surface area contributed by atoms with E-state index in [0.717, 1.165) is 54.5 Å². The van der Waals surface area contributed by atoms with Gasteiger partial charge in [0.1, 0.15) is 18.5 Å². The molecule has 1 aliphatic heterocycles. The number of β-amino-alcohol motifs (C(OH)–C–C–N with tert-alkyl or cyclic N) is 1. The van der Waals surface area contributed by atoms with Crippen LogP contribution in [-0.4, -0.2) is 67.1 Å². The smallest absolute Gasteiger partial charge is 0.119 e. The minimum absolute atomic E-state index is 0.253. The van der Waals surface area contributed by atoms with Crippen LogP contribution in [0, 0.1) is 0 Å². The number of hydrogen-bond acceptors (Lipinski definition) is 7. The number of nitrogens with two attached hydrogens (primary N) is 1. The number of nitrogens with zero attached hydrogens (tertiary/aromatic N) is 2. The van der Waals surface area contributed by atoms with Gasteiger partial charge >= 0.3 is 0 Å². The number of ether oxygens (including phenoxy) is 2. The van der Waals surface area contributed by atoms with Crippen LogP contribution in [0.2, 0.25) is 0 Å². The Morgan fingerprint density at radius 2 is 1.97 bits per heavy atom. The van der Waals surface area contributed by atoms with Crippen LogP contribution in [0.5, 0.6) is 5.75 Å². The summed E-state index contributed by atoms with van der Waals surface area (Å²) < 4.78 is 11.1. The van der Waals surface area contributed by atoms with Gasteiger partial charge in [-0.25, -0.2) is 0 Å². The highest BCUT2D eigenvalue weighted by atomic mass is 16.5. The largest absolute Gasteiger partial charge is 0.491 e. The quantitative estimate of drug-likeness (QED) is 0.509. The highest BCUT2D eigenvalue weighted by molar-refractivity contribution is 5.69. The molecule has 1 atom stereocenters. The minimum atomic E-state index is -0.538. The van der Waals surface area contributed by atoms with E-state index in [9.17, 15) is 5.11 Å². The predicted molar refractivity (Wildman–Crippen MR) is 123 cm³/mol. The van der Waals surface area contributed by atoms with Crippen molar-refractivity contribution in [3.8, 4) is 17.0 Å². The summed E-state index contributed by atoms with van der Waals surface area (Å²) in [6, 6.07) is 11.6. The van der Waals surface area contributed by atoms with E-state index in [4.69, 9.17) is 15.2 Å². The zero-order chi connectivity index (χ0) is 22.1. The van der Waals surface area contributed by atoms with E-state index in [1.807, 2.05) is 36.4 Å². The van der Waals surface area contributed by atoms with Crippen molar-refractivity contribution in [2.24, 2.45) is 5.73 Å². The molecule has 1 unspecified atom stereocenters. The summed E-state index contributed by atoms with van der Waals surface area (Å²) in [5.41, 5.74) is 9.91. The van der Waals surface area contributed by atoms with Crippen molar-refractivity contribution in [3.63, 3.8) is 0 Å². The van der Waals surface area contributed by atoms with Crippen LogP contribution in [-0.2, 0) is 4.74 Å². The molecule has 7 heteroatoms. The average Bonchev–Trinajstić information content (AvgIpc) is 2.79. The highest BCUT2D eigenvalue weighted by Crippen LogP contribution is 2.23. The fraction of sp³-hybridized carbons (Fsp3) is 0.375. The third kappa shape index (κ3) is 7.18. The molecule has 4 N–H and O–H groups in total. The lowest BCUT2D eigenvalue weighted by Gasteiger charge is -2.28. The topological polar surface area (TPSA) is 92.9 Å². The number of aromatic nitrogens is 1. The zero-order valence-corrected chi connectivity index (χ0v) is 17.9. The van der Waals surface area contributed by atoms with Crippen molar-refractivity contribution in [2.45, 2.75) is 12.5 Å². The lowest BCUT2D eigenvalue weighted by Crippen LogP contribution is -2.42. The van der Waals surface area contributed by atoms with E-state index < -0.39 is 6.10 Å². The number of aliphatic hydroxyl groups excluding tert-OH is 1. The lowest BCUT2D eigenvalue weighted by molar-refractivity contribution is 0.00466. The fourth-order valence-electron chi connectivity index (χ4n) is 3.35. The number of pyridine rings is 1. The maximum absolute atomic E-state index is 10.2. The highest BCUT2D eigenvalue weighted by Gasteiger charge is 2.15. The summed E-state index contributed by atoms with van der Waals surface area (Å²) in [4.78, 5) is 6.66. The van der Waals surface area contributed by atoms with E-state index in [0.29, 0.717) is 25.3 Å². The average molecular weight is 425 g/mol. The van der Waals surface area contributed by atoms with Crippen LogP contribution < -0.4 is 15.8 Å². The molecule has 0 spiro atoms. The van der Waals surface area contributed by atoms with Gasteiger partial charge in [0.2, 0.25) is 0 Å². The molecule has 1 aliphatic rings. The van der Waals surface area contributed by atoms with Crippen LogP contribution in [0.3, 0.4) is 0 Å². The molecule has 3 rings (SSSR count). The van der Waals surface area contributed by atoms with E-state index in [1.54, 1.807) is 6.20 Å². The van der Waals surface area contributed by atoms with Crippen molar-refractivity contribution in [3.05, 3.63) is 67.0 Å². The Labute approximate surface area is 184 Å². The molecule has 1 fully saturated rings. The van der Waals surface area contributed by atoms with Gasteiger partial charge in [0.05, 0.1) is 18.9 Å². The van der Waals surface area contributed by atoms with Gasteiger partial charge in [-0.3, -0.25) is 9.88 Å². The third-order valence-corrected chi connectivity index (χ3v) is 5.05. The Bertz CT molecular complexity index is 863. The van der Waals surface area contributed by atoms with Gasteiger partial charge in [0.25, 0.3) is 0 Å². The third-order valence-electron chi connectivity index (χ3n) is 5.05. The molecular formula is C24H32N4O3. The van der Waals surface area contributed by atoms with Crippen LogP contribution in [0.1, 0.15) is 12.0 Å². The van der Waals surface area contributed by atoms with E-state index in [-0.39, 0.29) is 6.61 Å². The molecule has 0 saturated carbocycles. The number of nitrogens with one attached hydrogen (secondary N) is 1. The molecule has 166 valence electrons. The summed E-state index contributed by atoms with van der Waals surface area (Å²) in [6.45, 7) is 12.6. The lowest BCUT2D eigenvalue weighted by atomic mass is 10.1. The predicted octanol–water partition coefficient (Wildman–Crippen LogP) is 2.24. The van der Waals surface area contributed by atoms with Gasteiger partial charge in [-0.05, 0) is 49.4 Å². The second kappa shape index (κ2) is 11.6. The van der Waals surface area contributed by atoms with Crippen molar-refractivity contribution in [1.82, 2.24) is 15.2 Å². The van der Waals surface area contributed by atoms with Gasteiger partial charge in [0, 0.05) is 48.4 Å². The SMILES string of the molecule is C=C(CCN)NC(=C)c1ccnc(-c2ccc(OCC(O)CN3CCOCC3)cc2)c1. The molecule has 1 aromatic heterocycles. The second-order valence-electron chi connectivity index (χ2n) is 7.58. The van der Waals surface area contributed by atoms with Gasteiger partial charge in [-0.1, -0.05) is 13.2 Å². The van der Waals surface area contributed by atoms with Crippen LogP contribution in [0.4, 0.5) is 0 Å². The first-order valence-corrected chi connectivity index (χ1v) is 10.6. The Morgan fingerprint density at radius 1 is 1.23 bits per heavy atom. The molecule has 2 aromatic rings. The van der Waals surface area contributed by atoms with Crippen molar-refractivity contribution >= 4 is 5.70 Å². The second-order valence-corrected chi connectivity index (χ2v) is 7.58. The standard InChI is InChI=1S/C24H32N4O3/c1-18(7-9-25)27-19(2)21-8-10-26-24(15-21)20-3-5-23(6-4-20)31-17-22(29)16-28-11-13-30-14-12-28/h3-6,8,10,15,22,27,29H,1-2,7,9,11-14,16-17,25H2. The number of benzene rings is 1. The zero-order valence-electron chi connectivity index (χ0n) is 17.9. The molecule has 0 bridgehead atoms. The summed E-state index contributed by atoms with van der Waals surface area (Å²) >= 11 is 0.